The predicted octanol–water partition coefficient (Wildman–Crippen LogP) is 3.63. The zero-order chi connectivity index (χ0) is 17.9. The van der Waals surface area contributed by atoms with Crippen molar-refractivity contribution in [3.05, 3.63) is 71.9 Å². The summed E-state index contributed by atoms with van der Waals surface area (Å²) in [5.41, 5.74) is 2.95. The quantitative estimate of drug-likeness (QED) is 0.785. The molecule has 26 heavy (non-hydrogen) atoms. The van der Waals surface area contributed by atoms with Crippen LogP contribution in [0.4, 0.5) is 4.39 Å². The van der Waals surface area contributed by atoms with Crippen molar-refractivity contribution in [1.29, 1.82) is 0 Å². The molecule has 2 aromatic heterocycles. The summed E-state index contributed by atoms with van der Waals surface area (Å²) in [6.07, 6.45) is 3.49. The molecule has 0 unspecified atom stereocenters. The van der Waals surface area contributed by atoms with Crippen molar-refractivity contribution >= 4 is 5.91 Å². The maximum atomic E-state index is 13.5. The molecular formula is C20H19FN4O. The molecule has 1 aliphatic heterocycles. The number of amides is 1. The van der Waals surface area contributed by atoms with E-state index < -0.39 is 0 Å². The number of H-pyrrole nitrogens is 1. The Kier molecular flexibility index (Phi) is 4.48. The van der Waals surface area contributed by atoms with E-state index >= 15 is 0 Å². The number of nitrogens with zero attached hydrogens (tertiary/aromatic N) is 3. The van der Waals surface area contributed by atoms with Crippen LogP contribution in [0.25, 0.3) is 11.3 Å². The van der Waals surface area contributed by atoms with Gasteiger partial charge >= 0.3 is 0 Å². The number of pyridine rings is 1. The van der Waals surface area contributed by atoms with Gasteiger partial charge in [-0.05, 0) is 43.2 Å². The van der Waals surface area contributed by atoms with Crippen LogP contribution in [0.1, 0.15) is 34.9 Å². The SMILES string of the molecule is O=C(c1ccn[nH]1)N1CCC[C@@H](c2cccc(-c3cccc(F)c3)n2)C1. The monoisotopic (exact) mass is 350 g/mol. The molecule has 3 aromatic rings. The van der Waals surface area contributed by atoms with Crippen molar-refractivity contribution in [1.82, 2.24) is 20.1 Å². The second kappa shape index (κ2) is 7.07. The highest BCUT2D eigenvalue weighted by Gasteiger charge is 2.27. The molecule has 1 atom stereocenters. The van der Waals surface area contributed by atoms with Gasteiger partial charge in [0.15, 0.2) is 0 Å². The lowest BCUT2D eigenvalue weighted by Crippen LogP contribution is -2.39. The van der Waals surface area contributed by atoms with E-state index in [9.17, 15) is 9.18 Å². The molecule has 1 fully saturated rings. The number of likely N-dealkylation sites (tertiary alicyclic amines) is 1. The van der Waals surface area contributed by atoms with Gasteiger partial charge in [0.25, 0.3) is 5.91 Å². The summed E-state index contributed by atoms with van der Waals surface area (Å²) in [6.45, 7) is 1.36. The highest BCUT2D eigenvalue weighted by Crippen LogP contribution is 2.28. The largest absolute Gasteiger partial charge is 0.337 e. The average Bonchev–Trinajstić information content (AvgIpc) is 3.22. The fraction of sp³-hybridized carbons (Fsp3) is 0.250. The van der Waals surface area contributed by atoms with Gasteiger partial charge in [-0.15, -0.1) is 0 Å². The summed E-state index contributed by atoms with van der Waals surface area (Å²) in [7, 11) is 0. The minimum absolute atomic E-state index is 0.0338. The van der Waals surface area contributed by atoms with Gasteiger partial charge in [0.1, 0.15) is 11.5 Å². The van der Waals surface area contributed by atoms with Crippen LogP contribution in [0, 0.1) is 5.82 Å². The summed E-state index contributed by atoms with van der Waals surface area (Å²) in [6, 6.07) is 13.9. The fourth-order valence-electron chi connectivity index (χ4n) is 3.44. The molecule has 1 aliphatic rings. The molecule has 1 saturated heterocycles. The molecule has 0 radical (unpaired) electrons. The molecule has 0 aliphatic carbocycles. The van der Waals surface area contributed by atoms with Gasteiger partial charge < -0.3 is 4.90 Å². The minimum Gasteiger partial charge on any atom is -0.337 e. The van der Waals surface area contributed by atoms with Crippen molar-refractivity contribution in [2.75, 3.05) is 13.1 Å². The Balaban J connectivity index is 1.55. The first-order valence-corrected chi connectivity index (χ1v) is 8.72. The van der Waals surface area contributed by atoms with E-state index in [0.29, 0.717) is 12.2 Å². The Bertz CT molecular complexity index is 910. The number of carbonyl (C=O) groups excluding carboxylic acids is 1. The Morgan fingerprint density at radius 2 is 2.08 bits per heavy atom. The molecule has 1 N–H and O–H groups in total. The average molecular weight is 350 g/mol. The molecule has 3 heterocycles. The molecule has 1 aromatic carbocycles. The van der Waals surface area contributed by atoms with Crippen LogP contribution in [0.5, 0.6) is 0 Å². The highest BCUT2D eigenvalue weighted by atomic mass is 19.1. The van der Waals surface area contributed by atoms with E-state index in [-0.39, 0.29) is 17.6 Å². The molecule has 132 valence electrons. The van der Waals surface area contributed by atoms with E-state index in [1.54, 1.807) is 18.3 Å². The maximum Gasteiger partial charge on any atom is 0.271 e. The van der Waals surface area contributed by atoms with E-state index in [2.05, 4.69) is 10.2 Å². The molecular weight excluding hydrogens is 331 g/mol. The second-order valence-corrected chi connectivity index (χ2v) is 6.52. The number of rotatable bonds is 3. The minimum atomic E-state index is -0.274. The topological polar surface area (TPSA) is 61.9 Å². The predicted molar refractivity (Wildman–Crippen MR) is 96.1 cm³/mol. The number of benzene rings is 1. The number of piperidine rings is 1. The molecule has 6 heteroatoms. The number of halogens is 1. The number of nitrogens with one attached hydrogen (secondary N) is 1. The van der Waals surface area contributed by atoms with Crippen LogP contribution in [-0.2, 0) is 0 Å². The van der Waals surface area contributed by atoms with Crippen molar-refractivity contribution in [3.63, 3.8) is 0 Å². The number of hydrogen-bond donors (Lipinski definition) is 1. The van der Waals surface area contributed by atoms with Gasteiger partial charge in [-0.1, -0.05) is 18.2 Å². The lowest BCUT2D eigenvalue weighted by atomic mass is 9.93. The number of hydrogen-bond acceptors (Lipinski definition) is 3. The fourth-order valence-corrected chi connectivity index (χ4v) is 3.44. The molecule has 0 spiro atoms. The van der Waals surface area contributed by atoms with Gasteiger partial charge in [-0.2, -0.15) is 5.10 Å². The van der Waals surface area contributed by atoms with E-state index in [1.165, 1.54) is 12.1 Å². The third kappa shape index (κ3) is 3.35. The molecule has 1 amide bonds. The van der Waals surface area contributed by atoms with Crippen LogP contribution in [0.2, 0.25) is 0 Å². The summed E-state index contributed by atoms with van der Waals surface area (Å²) >= 11 is 0. The van der Waals surface area contributed by atoms with Gasteiger partial charge in [-0.25, -0.2) is 4.39 Å². The standard InChI is InChI=1S/C20H19FN4O/c21-16-6-1-4-14(12-16)17-7-2-8-18(23-17)15-5-3-11-25(13-15)20(26)19-9-10-22-24-19/h1-2,4,6-10,12,15H,3,5,11,13H2,(H,22,24)/t15-/m1/s1. The smallest absolute Gasteiger partial charge is 0.271 e. The lowest BCUT2D eigenvalue weighted by molar-refractivity contribution is 0.0700. The lowest BCUT2D eigenvalue weighted by Gasteiger charge is -2.32. The highest BCUT2D eigenvalue weighted by molar-refractivity contribution is 5.92. The molecule has 0 saturated carbocycles. The number of aromatic amines is 1. The third-order valence-electron chi connectivity index (χ3n) is 4.75. The number of carbonyl (C=O) groups is 1. The summed E-state index contributed by atoms with van der Waals surface area (Å²) in [4.78, 5) is 19.1. The van der Waals surface area contributed by atoms with Gasteiger partial charge in [-0.3, -0.25) is 14.9 Å². The molecule has 4 rings (SSSR count). The van der Waals surface area contributed by atoms with Crippen LogP contribution >= 0.6 is 0 Å². The first kappa shape index (κ1) is 16.4. The summed E-state index contributed by atoms with van der Waals surface area (Å²) in [5, 5.41) is 6.58. The Labute approximate surface area is 150 Å². The Morgan fingerprint density at radius 3 is 2.88 bits per heavy atom. The van der Waals surface area contributed by atoms with Gasteiger partial charge in [0, 0.05) is 36.5 Å². The van der Waals surface area contributed by atoms with Gasteiger partial charge in [0.05, 0.1) is 5.69 Å². The van der Waals surface area contributed by atoms with E-state index in [0.717, 1.165) is 36.3 Å². The molecule has 0 bridgehead atoms. The van der Waals surface area contributed by atoms with Crippen molar-refractivity contribution in [3.8, 4) is 11.3 Å². The van der Waals surface area contributed by atoms with Crippen molar-refractivity contribution in [2.24, 2.45) is 0 Å². The van der Waals surface area contributed by atoms with Crippen molar-refractivity contribution in [2.45, 2.75) is 18.8 Å². The summed E-state index contributed by atoms with van der Waals surface area (Å²) in [5.74, 6) is -0.138. The van der Waals surface area contributed by atoms with Gasteiger partial charge in [0.2, 0.25) is 0 Å². The van der Waals surface area contributed by atoms with E-state index in [4.69, 9.17) is 4.98 Å². The van der Waals surface area contributed by atoms with E-state index in [1.807, 2.05) is 29.2 Å². The first-order chi connectivity index (χ1) is 12.7. The van der Waals surface area contributed by atoms with Crippen LogP contribution in [0.3, 0.4) is 0 Å². The first-order valence-electron chi connectivity index (χ1n) is 8.72. The third-order valence-corrected chi connectivity index (χ3v) is 4.75. The number of aromatic nitrogens is 3. The zero-order valence-electron chi connectivity index (χ0n) is 14.2. The Hall–Kier alpha value is -3.02. The molecule has 5 nitrogen and oxygen atoms in total. The Morgan fingerprint density at radius 1 is 1.19 bits per heavy atom. The van der Waals surface area contributed by atoms with Crippen molar-refractivity contribution < 1.29 is 9.18 Å². The van der Waals surface area contributed by atoms with Crippen LogP contribution in [-0.4, -0.2) is 39.1 Å². The second-order valence-electron chi connectivity index (χ2n) is 6.52. The maximum absolute atomic E-state index is 13.5. The zero-order valence-corrected chi connectivity index (χ0v) is 14.2. The van der Waals surface area contributed by atoms with Crippen LogP contribution < -0.4 is 0 Å². The summed E-state index contributed by atoms with van der Waals surface area (Å²) < 4.78 is 13.5. The van der Waals surface area contributed by atoms with Crippen LogP contribution in [0.15, 0.2) is 54.7 Å². The normalized spacial score (nSPS) is 17.3.